The van der Waals surface area contributed by atoms with Crippen LogP contribution in [0.5, 0.6) is 0 Å². The fraction of sp³-hybridized carbons (Fsp3) is 0.400. The van der Waals surface area contributed by atoms with E-state index in [0.29, 0.717) is 0 Å². The van der Waals surface area contributed by atoms with Crippen molar-refractivity contribution in [3.8, 4) is 0 Å². The van der Waals surface area contributed by atoms with Gasteiger partial charge in [-0.15, -0.1) is 0 Å². The van der Waals surface area contributed by atoms with Crippen LogP contribution in [0.3, 0.4) is 0 Å². The lowest BCUT2D eigenvalue weighted by Gasteiger charge is -2.14. The highest BCUT2D eigenvalue weighted by Gasteiger charge is 2.34. The molecule has 120 valence electrons. The lowest BCUT2D eigenvalue weighted by atomic mass is 10.2. The summed E-state index contributed by atoms with van der Waals surface area (Å²) in [6.07, 6.45) is 0.165. The number of hydrogen-bond donors (Lipinski definition) is 0. The van der Waals surface area contributed by atoms with Crippen LogP contribution in [0.15, 0.2) is 28.0 Å². The Morgan fingerprint density at radius 3 is 2.43 bits per heavy atom. The van der Waals surface area contributed by atoms with Crippen molar-refractivity contribution in [3.05, 3.63) is 23.8 Å². The molecule has 1 unspecified atom stereocenters. The molecule has 1 aromatic carbocycles. The van der Waals surface area contributed by atoms with Gasteiger partial charge in [0, 0.05) is 12.0 Å². The fourth-order valence-corrected chi connectivity index (χ4v) is 4.71. The van der Waals surface area contributed by atoms with Gasteiger partial charge in [-0.25, -0.2) is 0 Å². The summed E-state index contributed by atoms with van der Waals surface area (Å²) in [5.74, 6) is 0. The summed E-state index contributed by atoms with van der Waals surface area (Å²) in [7, 11) is -7.01. The second-order valence-electron chi connectivity index (χ2n) is 3.64. The topological polar surface area (TPSA) is 69.7 Å². The van der Waals surface area contributed by atoms with E-state index in [9.17, 15) is 26.2 Å². The van der Waals surface area contributed by atoms with Gasteiger partial charge in [-0.2, -0.15) is 25.6 Å². The van der Waals surface area contributed by atoms with Gasteiger partial charge in [-0.3, -0.25) is 4.57 Å². The van der Waals surface area contributed by atoms with Gasteiger partial charge in [-0.1, -0.05) is 19.1 Å². The van der Waals surface area contributed by atoms with Crippen LogP contribution in [0.25, 0.3) is 0 Å². The van der Waals surface area contributed by atoms with E-state index in [0.717, 1.165) is 13.2 Å². The number of hydrogen-bond acceptors (Lipinski definition) is 6. The van der Waals surface area contributed by atoms with Gasteiger partial charge >= 0.3 is 23.9 Å². The predicted octanol–water partition coefficient (Wildman–Crippen LogP) is 3.60. The van der Waals surface area contributed by atoms with Crippen LogP contribution in [0.4, 0.5) is 13.2 Å². The summed E-state index contributed by atoms with van der Waals surface area (Å²) in [5.41, 5.74) is -4.53. The standard InChI is InChI=1S/C10H12F3O5PS2/c1-3-7-5-4-6-8(20-10(11,12)13)9(7)21(15,16)18-19(14)17-2/h4-6,19H,3H2,1-2H3. The number of benzene rings is 1. The van der Waals surface area contributed by atoms with Gasteiger partial charge in [0.05, 0.1) is 0 Å². The highest BCUT2D eigenvalue weighted by Crippen LogP contribution is 2.43. The lowest BCUT2D eigenvalue weighted by molar-refractivity contribution is -0.0329. The lowest BCUT2D eigenvalue weighted by Crippen LogP contribution is -2.09. The monoisotopic (exact) mass is 364 g/mol. The Morgan fingerprint density at radius 2 is 1.95 bits per heavy atom. The molecule has 0 N–H and O–H groups in total. The van der Waals surface area contributed by atoms with Crippen LogP contribution < -0.4 is 0 Å². The van der Waals surface area contributed by atoms with Crippen molar-refractivity contribution in [3.63, 3.8) is 0 Å². The molecule has 0 spiro atoms. The highest BCUT2D eigenvalue weighted by atomic mass is 32.2. The van der Waals surface area contributed by atoms with Crippen molar-refractivity contribution in [2.45, 2.75) is 28.6 Å². The molecule has 0 aliphatic carbocycles. The molecule has 1 rings (SSSR count). The average Bonchev–Trinajstić information content (AvgIpc) is 2.35. The first-order valence-corrected chi connectivity index (χ1v) is 8.95. The Balaban J connectivity index is 3.41. The zero-order valence-electron chi connectivity index (χ0n) is 10.9. The Hall–Kier alpha value is -0.540. The van der Waals surface area contributed by atoms with E-state index in [-0.39, 0.29) is 12.0 Å². The van der Waals surface area contributed by atoms with Crippen LogP contribution in [0, 0.1) is 0 Å². The summed E-state index contributed by atoms with van der Waals surface area (Å²) in [6, 6.07) is 3.68. The van der Waals surface area contributed by atoms with Crippen molar-refractivity contribution in [1.29, 1.82) is 0 Å². The third kappa shape index (κ3) is 5.30. The van der Waals surface area contributed by atoms with Gasteiger partial charge in [0.25, 0.3) is 0 Å². The predicted molar refractivity (Wildman–Crippen MR) is 72.0 cm³/mol. The van der Waals surface area contributed by atoms with Crippen LogP contribution in [0.1, 0.15) is 12.5 Å². The first-order chi connectivity index (χ1) is 9.60. The number of aryl methyl sites for hydroxylation is 1. The summed E-state index contributed by atoms with van der Waals surface area (Å²) < 4.78 is 81.3. The SMILES string of the molecule is CCc1cccc(SC(F)(F)F)c1S(=O)(=O)O[PH](=O)OC. The number of halogens is 3. The van der Waals surface area contributed by atoms with Gasteiger partial charge in [-0.05, 0) is 29.8 Å². The van der Waals surface area contributed by atoms with Gasteiger partial charge in [0.15, 0.2) is 0 Å². The number of thioether (sulfide) groups is 1. The van der Waals surface area contributed by atoms with Gasteiger partial charge in [0.2, 0.25) is 0 Å². The number of alkyl halides is 3. The zero-order valence-corrected chi connectivity index (χ0v) is 13.6. The fourth-order valence-electron chi connectivity index (χ4n) is 1.49. The molecule has 0 saturated carbocycles. The molecule has 1 aromatic rings. The largest absolute Gasteiger partial charge is 0.446 e. The van der Waals surface area contributed by atoms with Crippen molar-refractivity contribution >= 4 is 30.1 Å². The Morgan fingerprint density at radius 1 is 1.33 bits per heavy atom. The molecule has 0 amide bonds. The average molecular weight is 364 g/mol. The minimum Gasteiger partial charge on any atom is -0.313 e. The maximum absolute atomic E-state index is 12.5. The molecule has 0 saturated heterocycles. The molecule has 21 heavy (non-hydrogen) atoms. The van der Waals surface area contributed by atoms with E-state index in [1.165, 1.54) is 12.1 Å². The molecule has 0 heterocycles. The second-order valence-corrected chi connectivity index (χ2v) is 7.64. The minimum atomic E-state index is -4.66. The third-order valence-electron chi connectivity index (χ3n) is 2.26. The van der Waals surface area contributed by atoms with Crippen LogP contribution in [0.2, 0.25) is 0 Å². The first kappa shape index (κ1) is 18.5. The maximum atomic E-state index is 12.5. The van der Waals surface area contributed by atoms with Crippen LogP contribution in [-0.4, -0.2) is 21.0 Å². The van der Waals surface area contributed by atoms with Crippen LogP contribution >= 0.6 is 20.0 Å². The second kappa shape index (κ2) is 7.15. The summed E-state index contributed by atoms with van der Waals surface area (Å²) in [4.78, 5) is -1.17. The molecular weight excluding hydrogens is 352 g/mol. The normalized spacial score (nSPS) is 14.1. The van der Waals surface area contributed by atoms with Crippen molar-refractivity contribution < 1.29 is 34.6 Å². The summed E-state index contributed by atoms with van der Waals surface area (Å²) in [5, 5.41) is 0. The van der Waals surface area contributed by atoms with Gasteiger partial charge < -0.3 is 4.52 Å². The minimum absolute atomic E-state index is 0.134. The molecule has 5 nitrogen and oxygen atoms in total. The molecule has 0 fully saturated rings. The van der Waals surface area contributed by atoms with Crippen molar-refractivity contribution in [1.82, 2.24) is 0 Å². The third-order valence-corrected chi connectivity index (χ3v) is 5.92. The molecule has 0 bridgehead atoms. The molecule has 0 aliphatic rings. The van der Waals surface area contributed by atoms with E-state index in [1.54, 1.807) is 6.92 Å². The molecule has 1 atom stereocenters. The zero-order chi connectivity index (χ0) is 16.3. The molecule has 0 radical (unpaired) electrons. The molecule has 0 aliphatic heterocycles. The Labute approximate surface area is 124 Å². The van der Waals surface area contributed by atoms with E-state index in [4.69, 9.17) is 0 Å². The molecule has 0 aromatic heterocycles. The van der Waals surface area contributed by atoms with E-state index >= 15 is 0 Å². The smallest absolute Gasteiger partial charge is 0.313 e. The first-order valence-electron chi connectivity index (χ1n) is 5.50. The maximum Gasteiger partial charge on any atom is 0.446 e. The van der Waals surface area contributed by atoms with Crippen molar-refractivity contribution in [2.75, 3.05) is 7.11 Å². The van der Waals surface area contributed by atoms with Gasteiger partial charge in [0.1, 0.15) is 4.90 Å². The van der Waals surface area contributed by atoms with Crippen LogP contribution in [-0.2, 0) is 29.6 Å². The Kier molecular flexibility index (Phi) is 6.30. The molecular formula is C10H12F3O5PS2. The summed E-state index contributed by atoms with van der Waals surface area (Å²) in [6.45, 7) is 1.58. The highest BCUT2D eigenvalue weighted by molar-refractivity contribution is 8.01. The number of rotatable bonds is 6. The quantitative estimate of drug-likeness (QED) is 0.567. The Bertz CT molecular complexity index is 630. The van der Waals surface area contributed by atoms with E-state index in [1.807, 2.05) is 0 Å². The summed E-state index contributed by atoms with van der Waals surface area (Å²) >= 11 is -0.572. The molecule has 11 heteroatoms. The van der Waals surface area contributed by atoms with E-state index < -0.39 is 45.4 Å². The van der Waals surface area contributed by atoms with Crippen molar-refractivity contribution in [2.24, 2.45) is 0 Å². The van der Waals surface area contributed by atoms with E-state index in [2.05, 4.69) is 8.49 Å².